The third-order valence-corrected chi connectivity index (χ3v) is 4.72. The molecule has 0 unspecified atom stereocenters. The van der Waals surface area contributed by atoms with Gasteiger partial charge < -0.3 is 23.5 Å². The Morgan fingerprint density at radius 2 is 1.86 bits per heavy atom. The summed E-state index contributed by atoms with van der Waals surface area (Å²) >= 11 is 0. The van der Waals surface area contributed by atoms with E-state index in [1.165, 1.54) is 0 Å². The Morgan fingerprint density at radius 3 is 2.61 bits per heavy atom. The summed E-state index contributed by atoms with van der Waals surface area (Å²) in [5.41, 5.74) is 2.76. The molecule has 28 heavy (non-hydrogen) atoms. The van der Waals surface area contributed by atoms with Crippen molar-refractivity contribution in [1.82, 2.24) is 4.57 Å². The Bertz CT molecular complexity index is 870. The van der Waals surface area contributed by atoms with Gasteiger partial charge in [-0.15, -0.1) is 0 Å². The Balaban J connectivity index is 1.62. The summed E-state index contributed by atoms with van der Waals surface area (Å²) in [6.45, 7) is 5.89. The van der Waals surface area contributed by atoms with Crippen molar-refractivity contribution in [2.24, 2.45) is 0 Å². The van der Waals surface area contributed by atoms with Crippen molar-refractivity contribution in [1.29, 1.82) is 0 Å². The predicted molar refractivity (Wildman–Crippen MR) is 102 cm³/mol. The number of Topliss-reactive ketones (excluding diaryl/α,β-unsaturated/α-hetero) is 1. The maximum absolute atomic E-state index is 12.6. The quantitative estimate of drug-likeness (QED) is 0.394. The Hall–Kier alpha value is -2.80. The van der Waals surface area contributed by atoms with Gasteiger partial charge in [-0.05, 0) is 44.5 Å². The SMILES string of the molecule is COCCCn1c(C)cc(C(=O)COC(=O)c2ccc3c(c2)OCCO3)c1C. The van der Waals surface area contributed by atoms with Gasteiger partial charge in [-0.25, -0.2) is 4.79 Å². The monoisotopic (exact) mass is 387 g/mol. The molecule has 0 atom stereocenters. The highest BCUT2D eigenvalue weighted by molar-refractivity contribution is 6.00. The maximum atomic E-state index is 12.6. The molecule has 1 aromatic carbocycles. The van der Waals surface area contributed by atoms with Gasteiger partial charge in [-0.3, -0.25) is 4.79 Å². The van der Waals surface area contributed by atoms with Crippen molar-refractivity contribution in [2.45, 2.75) is 26.8 Å². The zero-order chi connectivity index (χ0) is 20.1. The molecule has 0 saturated heterocycles. The molecular weight excluding hydrogens is 362 g/mol. The Morgan fingerprint density at radius 1 is 1.11 bits per heavy atom. The molecule has 0 aliphatic carbocycles. The van der Waals surface area contributed by atoms with Gasteiger partial charge in [-0.1, -0.05) is 0 Å². The lowest BCUT2D eigenvalue weighted by Gasteiger charge is -2.18. The number of rotatable bonds is 8. The van der Waals surface area contributed by atoms with Gasteiger partial charge >= 0.3 is 5.97 Å². The van der Waals surface area contributed by atoms with Crippen molar-refractivity contribution in [2.75, 3.05) is 33.5 Å². The molecular formula is C21H25NO6. The molecule has 2 heterocycles. The second-order valence-corrected chi connectivity index (χ2v) is 6.64. The third kappa shape index (κ3) is 4.36. The van der Waals surface area contributed by atoms with Crippen LogP contribution in [0.3, 0.4) is 0 Å². The van der Waals surface area contributed by atoms with Crippen LogP contribution in [0.2, 0.25) is 0 Å². The molecule has 1 aliphatic rings. The number of carbonyl (C=O) groups excluding carboxylic acids is 2. The van der Waals surface area contributed by atoms with Crippen LogP contribution in [0.4, 0.5) is 0 Å². The number of benzene rings is 1. The van der Waals surface area contributed by atoms with Crippen molar-refractivity contribution < 1.29 is 28.5 Å². The third-order valence-electron chi connectivity index (χ3n) is 4.72. The lowest BCUT2D eigenvalue weighted by Crippen LogP contribution is -2.17. The smallest absolute Gasteiger partial charge is 0.338 e. The molecule has 2 aromatic rings. The van der Waals surface area contributed by atoms with E-state index < -0.39 is 5.97 Å². The van der Waals surface area contributed by atoms with E-state index in [0.29, 0.717) is 42.4 Å². The van der Waals surface area contributed by atoms with Crippen molar-refractivity contribution in [3.8, 4) is 11.5 Å². The molecule has 0 saturated carbocycles. The second-order valence-electron chi connectivity index (χ2n) is 6.64. The number of methoxy groups -OCH3 is 1. The first kappa shape index (κ1) is 19.9. The minimum atomic E-state index is -0.570. The van der Waals surface area contributed by atoms with E-state index in [1.54, 1.807) is 25.3 Å². The van der Waals surface area contributed by atoms with Crippen LogP contribution in [0.5, 0.6) is 11.5 Å². The minimum absolute atomic E-state index is 0.225. The molecule has 150 valence electrons. The van der Waals surface area contributed by atoms with E-state index in [9.17, 15) is 9.59 Å². The van der Waals surface area contributed by atoms with Crippen LogP contribution in [0, 0.1) is 13.8 Å². The molecule has 1 aliphatic heterocycles. The highest BCUT2D eigenvalue weighted by atomic mass is 16.6. The highest BCUT2D eigenvalue weighted by Crippen LogP contribution is 2.31. The molecule has 7 nitrogen and oxygen atoms in total. The first-order valence-corrected chi connectivity index (χ1v) is 9.27. The number of ether oxygens (including phenoxy) is 4. The number of aromatic nitrogens is 1. The maximum Gasteiger partial charge on any atom is 0.338 e. The van der Waals surface area contributed by atoms with E-state index in [1.807, 2.05) is 19.9 Å². The summed E-state index contributed by atoms with van der Waals surface area (Å²) in [5, 5.41) is 0. The average Bonchev–Trinajstić information content (AvgIpc) is 3.00. The van der Waals surface area contributed by atoms with Gasteiger partial charge in [0.1, 0.15) is 13.2 Å². The summed E-state index contributed by atoms with van der Waals surface area (Å²) in [6, 6.07) is 6.67. The van der Waals surface area contributed by atoms with E-state index in [2.05, 4.69) is 4.57 Å². The summed E-state index contributed by atoms with van der Waals surface area (Å²) in [7, 11) is 1.67. The summed E-state index contributed by atoms with van der Waals surface area (Å²) in [5.74, 6) is 0.308. The molecule has 0 bridgehead atoms. The lowest BCUT2D eigenvalue weighted by molar-refractivity contribution is 0.0473. The van der Waals surface area contributed by atoms with E-state index in [4.69, 9.17) is 18.9 Å². The van der Waals surface area contributed by atoms with Crippen molar-refractivity contribution in [3.63, 3.8) is 0 Å². The summed E-state index contributed by atoms with van der Waals surface area (Å²) in [6.07, 6.45) is 0.861. The van der Waals surface area contributed by atoms with Gasteiger partial charge in [0.25, 0.3) is 0 Å². The first-order chi connectivity index (χ1) is 13.5. The number of fused-ring (bicyclic) bond motifs is 1. The predicted octanol–water partition coefficient (Wildman–Crippen LogP) is 2.95. The standard InChI is InChI=1S/C21H25NO6/c1-14-11-17(15(2)22(14)7-4-8-25-3)18(23)13-28-21(24)16-5-6-19-20(12-16)27-10-9-26-19/h5-6,11-12H,4,7-10,13H2,1-3H3. The number of hydrogen-bond acceptors (Lipinski definition) is 6. The second kappa shape index (κ2) is 8.93. The fourth-order valence-electron chi connectivity index (χ4n) is 3.26. The lowest BCUT2D eigenvalue weighted by atomic mass is 10.1. The summed E-state index contributed by atoms with van der Waals surface area (Å²) in [4.78, 5) is 24.9. The van der Waals surface area contributed by atoms with Crippen molar-refractivity contribution >= 4 is 11.8 Å². The molecule has 7 heteroatoms. The minimum Gasteiger partial charge on any atom is -0.486 e. The van der Waals surface area contributed by atoms with Gasteiger partial charge in [0, 0.05) is 37.2 Å². The van der Waals surface area contributed by atoms with Gasteiger partial charge in [-0.2, -0.15) is 0 Å². The van der Waals surface area contributed by atoms with Crippen LogP contribution in [0.25, 0.3) is 0 Å². The van der Waals surface area contributed by atoms with Crippen LogP contribution in [0.1, 0.15) is 38.5 Å². The van der Waals surface area contributed by atoms with Crippen LogP contribution in [0.15, 0.2) is 24.3 Å². The number of hydrogen-bond donors (Lipinski definition) is 0. The molecule has 0 fully saturated rings. The molecule has 3 rings (SSSR count). The highest BCUT2D eigenvalue weighted by Gasteiger charge is 2.19. The molecule has 0 N–H and O–H groups in total. The topological polar surface area (TPSA) is 76.0 Å². The van der Waals surface area contributed by atoms with E-state index in [0.717, 1.165) is 24.4 Å². The number of carbonyl (C=O) groups is 2. The van der Waals surface area contributed by atoms with Crippen LogP contribution >= 0.6 is 0 Å². The van der Waals surface area contributed by atoms with Crippen LogP contribution in [-0.2, 0) is 16.0 Å². The molecule has 0 spiro atoms. The zero-order valence-electron chi connectivity index (χ0n) is 16.4. The Kier molecular flexibility index (Phi) is 6.36. The Labute approximate surface area is 164 Å². The molecule has 1 aromatic heterocycles. The molecule has 0 amide bonds. The van der Waals surface area contributed by atoms with E-state index >= 15 is 0 Å². The van der Waals surface area contributed by atoms with Gasteiger partial charge in [0.15, 0.2) is 18.1 Å². The largest absolute Gasteiger partial charge is 0.486 e. The average molecular weight is 387 g/mol. The van der Waals surface area contributed by atoms with Gasteiger partial charge in [0.05, 0.1) is 5.56 Å². The van der Waals surface area contributed by atoms with Crippen LogP contribution < -0.4 is 9.47 Å². The number of ketones is 1. The normalized spacial score (nSPS) is 12.7. The van der Waals surface area contributed by atoms with E-state index in [-0.39, 0.29) is 12.4 Å². The molecule has 0 radical (unpaired) electrons. The summed E-state index contributed by atoms with van der Waals surface area (Å²) < 4.78 is 23.3. The number of aryl methyl sites for hydroxylation is 1. The number of esters is 1. The van der Waals surface area contributed by atoms with Crippen LogP contribution in [-0.4, -0.2) is 49.9 Å². The fourth-order valence-corrected chi connectivity index (χ4v) is 3.26. The van der Waals surface area contributed by atoms with Gasteiger partial charge in [0.2, 0.25) is 5.78 Å². The zero-order valence-corrected chi connectivity index (χ0v) is 16.4. The first-order valence-electron chi connectivity index (χ1n) is 9.27. The van der Waals surface area contributed by atoms with Crippen molar-refractivity contribution in [3.05, 3.63) is 46.8 Å². The fraction of sp³-hybridized carbons (Fsp3) is 0.429. The number of nitrogens with zero attached hydrogens (tertiary/aromatic N) is 1.